The molecule has 1 unspecified atom stereocenters. The first-order chi connectivity index (χ1) is 13.7. The van der Waals surface area contributed by atoms with E-state index in [-0.39, 0.29) is 24.3 Å². The highest BCUT2D eigenvalue weighted by Gasteiger charge is 2.34. The molecule has 0 radical (unpaired) electrons. The molecule has 0 aromatic heterocycles. The van der Waals surface area contributed by atoms with Crippen LogP contribution in [0.4, 0.5) is 0 Å². The molecule has 1 amide bonds. The first kappa shape index (κ1) is 21.2. The summed E-state index contributed by atoms with van der Waals surface area (Å²) in [7, 11) is 1.71. The van der Waals surface area contributed by atoms with Gasteiger partial charge in [-0.3, -0.25) is 14.6 Å². The van der Waals surface area contributed by atoms with Crippen LogP contribution < -0.4 is 0 Å². The van der Waals surface area contributed by atoms with Crippen LogP contribution in [0.5, 0.6) is 0 Å². The minimum Gasteiger partial charge on any atom is -0.470 e. The zero-order valence-electron chi connectivity index (χ0n) is 16.7. The molecule has 5 nitrogen and oxygen atoms in total. The van der Waals surface area contributed by atoms with Crippen molar-refractivity contribution in [3.63, 3.8) is 0 Å². The van der Waals surface area contributed by atoms with E-state index in [1.807, 2.05) is 26.0 Å². The van der Waals surface area contributed by atoms with Crippen molar-refractivity contribution in [2.45, 2.75) is 26.8 Å². The molecular formula is C22H22Cl2N2O3. The van der Waals surface area contributed by atoms with Crippen LogP contribution in [-0.2, 0) is 4.74 Å². The van der Waals surface area contributed by atoms with Crippen molar-refractivity contribution in [1.82, 2.24) is 10.0 Å². The molecule has 0 fully saturated rings. The van der Waals surface area contributed by atoms with Gasteiger partial charge >= 0.3 is 0 Å². The molecular weight excluding hydrogens is 411 g/mol. The van der Waals surface area contributed by atoms with E-state index in [9.17, 15) is 9.59 Å². The fourth-order valence-electron chi connectivity index (χ4n) is 3.14. The van der Waals surface area contributed by atoms with Crippen LogP contribution in [-0.4, -0.2) is 41.4 Å². The van der Waals surface area contributed by atoms with Gasteiger partial charge in [0.2, 0.25) is 5.88 Å². The van der Waals surface area contributed by atoms with E-state index in [2.05, 4.69) is 0 Å². The number of amides is 1. The number of rotatable bonds is 5. The van der Waals surface area contributed by atoms with Gasteiger partial charge in [0.1, 0.15) is 0 Å². The Hall–Kier alpha value is -2.50. The van der Waals surface area contributed by atoms with Gasteiger partial charge in [0.25, 0.3) is 5.91 Å². The summed E-state index contributed by atoms with van der Waals surface area (Å²) >= 11 is 12.4. The van der Waals surface area contributed by atoms with E-state index >= 15 is 0 Å². The molecule has 3 rings (SSSR count). The molecule has 0 saturated heterocycles. The number of aryl methyl sites for hydroxylation is 1. The normalized spacial score (nSPS) is 16.1. The maximum Gasteiger partial charge on any atom is 0.274 e. The Balaban J connectivity index is 1.71. The van der Waals surface area contributed by atoms with E-state index in [1.165, 1.54) is 5.01 Å². The zero-order valence-corrected chi connectivity index (χ0v) is 18.2. The quantitative estimate of drug-likeness (QED) is 0.620. The number of hydrazine groups is 1. The standard InChI is InChI=1S/C22H22Cl2N2O3/c1-13-5-7-16(8-6-13)19(27)12-29-20-11-14(2)26(25(20)4)22(28)17-9-10-18(23)15(3)21(17)24/h5-11,14H,12H2,1-4H3. The summed E-state index contributed by atoms with van der Waals surface area (Å²) < 4.78 is 5.71. The summed E-state index contributed by atoms with van der Waals surface area (Å²) in [6.07, 6.45) is 1.79. The number of carbonyl (C=O) groups is 2. The van der Waals surface area contributed by atoms with Gasteiger partial charge in [-0.2, -0.15) is 0 Å². The van der Waals surface area contributed by atoms with Crippen LogP contribution in [0.25, 0.3) is 0 Å². The Bertz CT molecular complexity index is 986. The van der Waals surface area contributed by atoms with Crippen molar-refractivity contribution in [3.8, 4) is 0 Å². The lowest BCUT2D eigenvalue weighted by molar-refractivity contribution is -0.00482. The first-order valence-electron chi connectivity index (χ1n) is 9.17. The van der Waals surface area contributed by atoms with Gasteiger partial charge in [-0.05, 0) is 38.5 Å². The highest BCUT2D eigenvalue weighted by molar-refractivity contribution is 6.38. The van der Waals surface area contributed by atoms with Crippen LogP contribution in [0.1, 0.15) is 38.8 Å². The van der Waals surface area contributed by atoms with Crippen molar-refractivity contribution >= 4 is 34.9 Å². The summed E-state index contributed by atoms with van der Waals surface area (Å²) in [5.41, 5.74) is 2.68. The second-order valence-electron chi connectivity index (χ2n) is 7.03. The lowest BCUT2D eigenvalue weighted by atomic mass is 10.1. The molecule has 0 bridgehead atoms. The molecule has 1 atom stereocenters. The predicted molar refractivity (Wildman–Crippen MR) is 114 cm³/mol. The third kappa shape index (κ3) is 4.26. The third-order valence-corrected chi connectivity index (χ3v) is 5.79. The monoisotopic (exact) mass is 432 g/mol. The highest BCUT2D eigenvalue weighted by Crippen LogP contribution is 2.31. The molecule has 0 N–H and O–H groups in total. The largest absolute Gasteiger partial charge is 0.470 e. The molecule has 7 heteroatoms. The maximum atomic E-state index is 13.1. The van der Waals surface area contributed by atoms with Gasteiger partial charge in [-0.1, -0.05) is 53.0 Å². The number of Topliss-reactive ketones (excluding diaryl/α,β-unsaturated/α-hetero) is 1. The zero-order chi connectivity index (χ0) is 21.3. The molecule has 1 aliphatic rings. The van der Waals surface area contributed by atoms with E-state index in [1.54, 1.807) is 49.3 Å². The number of carbonyl (C=O) groups excluding carboxylic acids is 2. The molecule has 2 aromatic carbocycles. The van der Waals surface area contributed by atoms with E-state index in [4.69, 9.17) is 27.9 Å². The van der Waals surface area contributed by atoms with Crippen LogP contribution >= 0.6 is 23.2 Å². The molecule has 152 valence electrons. The summed E-state index contributed by atoms with van der Waals surface area (Å²) in [5, 5.41) is 3.95. The minimum absolute atomic E-state index is 0.116. The molecule has 1 heterocycles. The lowest BCUT2D eigenvalue weighted by Crippen LogP contribution is -2.44. The van der Waals surface area contributed by atoms with Crippen LogP contribution in [0.15, 0.2) is 48.4 Å². The average molecular weight is 433 g/mol. The molecule has 0 aliphatic carbocycles. The summed E-state index contributed by atoms with van der Waals surface area (Å²) in [5.74, 6) is 0.0331. The number of ether oxygens (including phenoxy) is 1. The van der Waals surface area contributed by atoms with Gasteiger partial charge in [0, 0.05) is 23.7 Å². The molecule has 0 spiro atoms. The second-order valence-corrected chi connectivity index (χ2v) is 7.82. The van der Waals surface area contributed by atoms with Crippen molar-refractivity contribution in [3.05, 3.63) is 80.7 Å². The molecule has 0 saturated carbocycles. The molecule has 29 heavy (non-hydrogen) atoms. The number of ketones is 1. The number of halogens is 2. The smallest absolute Gasteiger partial charge is 0.274 e. The fourth-order valence-corrected chi connectivity index (χ4v) is 3.59. The molecule has 2 aromatic rings. The van der Waals surface area contributed by atoms with Gasteiger partial charge in [0.15, 0.2) is 12.4 Å². The maximum absolute atomic E-state index is 13.1. The number of benzene rings is 2. The van der Waals surface area contributed by atoms with E-state index in [0.717, 1.165) is 5.56 Å². The second kappa shape index (κ2) is 8.47. The van der Waals surface area contributed by atoms with Crippen LogP contribution in [0.2, 0.25) is 10.0 Å². The van der Waals surface area contributed by atoms with E-state index < -0.39 is 0 Å². The van der Waals surface area contributed by atoms with Crippen molar-refractivity contribution in [1.29, 1.82) is 0 Å². The average Bonchev–Trinajstić information content (AvgIpc) is 2.97. The van der Waals surface area contributed by atoms with Gasteiger partial charge in [0.05, 0.1) is 16.6 Å². The van der Waals surface area contributed by atoms with Gasteiger partial charge < -0.3 is 4.74 Å². The van der Waals surface area contributed by atoms with Crippen molar-refractivity contribution in [2.24, 2.45) is 0 Å². The third-order valence-electron chi connectivity index (χ3n) is 4.90. The van der Waals surface area contributed by atoms with Crippen molar-refractivity contribution < 1.29 is 14.3 Å². The lowest BCUT2D eigenvalue weighted by Gasteiger charge is -2.31. The van der Waals surface area contributed by atoms with Crippen molar-refractivity contribution in [2.75, 3.05) is 13.7 Å². The van der Waals surface area contributed by atoms with Gasteiger partial charge in [-0.25, -0.2) is 5.01 Å². The van der Waals surface area contributed by atoms with Gasteiger partial charge in [-0.15, -0.1) is 0 Å². The first-order valence-corrected chi connectivity index (χ1v) is 9.92. The number of hydrogen-bond acceptors (Lipinski definition) is 4. The van der Waals surface area contributed by atoms with E-state index in [0.29, 0.717) is 32.6 Å². The summed E-state index contributed by atoms with van der Waals surface area (Å²) in [6, 6.07) is 10.3. The Labute approximate surface area is 180 Å². The predicted octanol–water partition coefficient (Wildman–Crippen LogP) is 5.04. The summed E-state index contributed by atoms with van der Waals surface area (Å²) in [4.78, 5) is 25.5. The Kier molecular flexibility index (Phi) is 6.20. The van der Waals surface area contributed by atoms with Crippen LogP contribution in [0.3, 0.4) is 0 Å². The SMILES string of the molecule is Cc1ccc(C(=O)COC2=CC(C)N(C(=O)c3ccc(Cl)c(C)c3Cl)N2C)cc1. The minimum atomic E-state index is -0.274. The number of nitrogens with zero attached hydrogens (tertiary/aromatic N) is 2. The van der Waals surface area contributed by atoms with Crippen LogP contribution in [0, 0.1) is 13.8 Å². The number of hydrogen-bond donors (Lipinski definition) is 0. The summed E-state index contributed by atoms with van der Waals surface area (Å²) in [6.45, 7) is 5.48. The molecule has 1 aliphatic heterocycles. The fraction of sp³-hybridized carbons (Fsp3) is 0.273. The Morgan fingerprint density at radius 1 is 1.07 bits per heavy atom. The highest BCUT2D eigenvalue weighted by atomic mass is 35.5. The Morgan fingerprint density at radius 2 is 1.72 bits per heavy atom. The Morgan fingerprint density at radius 3 is 2.38 bits per heavy atom. The topological polar surface area (TPSA) is 49.9 Å².